The monoisotopic (exact) mass is 393 g/mol. The summed E-state index contributed by atoms with van der Waals surface area (Å²) in [4.78, 5) is 18.1. The summed E-state index contributed by atoms with van der Waals surface area (Å²) in [5.74, 6) is -0.0756. The van der Waals surface area contributed by atoms with Crippen LogP contribution in [0.15, 0.2) is 34.9 Å². The molecule has 0 bridgehead atoms. The van der Waals surface area contributed by atoms with Crippen LogP contribution in [0, 0.1) is 11.3 Å². The van der Waals surface area contributed by atoms with Crippen molar-refractivity contribution in [3.05, 3.63) is 52.4 Å². The molecular formula is C21H19N3O3S. The van der Waals surface area contributed by atoms with E-state index in [0.717, 1.165) is 31.2 Å². The average molecular weight is 393 g/mol. The number of fused-ring (bicyclic) bond motifs is 2. The van der Waals surface area contributed by atoms with Crippen molar-refractivity contribution in [1.29, 1.82) is 5.26 Å². The molecule has 6 nitrogen and oxygen atoms in total. The molecule has 0 saturated heterocycles. The van der Waals surface area contributed by atoms with Crippen molar-refractivity contribution in [2.45, 2.75) is 32.6 Å². The zero-order valence-corrected chi connectivity index (χ0v) is 16.3. The highest BCUT2D eigenvalue weighted by Gasteiger charge is 2.26. The number of benzene rings is 1. The second-order valence-electron chi connectivity index (χ2n) is 6.44. The van der Waals surface area contributed by atoms with Crippen molar-refractivity contribution in [2.24, 2.45) is 0 Å². The van der Waals surface area contributed by atoms with Crippen LogP contribution in [0.3, 0.4) is 0 Å². The highest BCUT2D eigenvalue weighted by molar-refractivity contribution is 7.16. The summed E-state index contributed by atoms with van der Waals surface area (Å²) in [6, 6.07) is 9.47. The van der Waals surface area contributed by atoms with Crippen molar-refractivity contribution in [1.82, 2.24) is 4.98 Å². The van der Waals surface area contributed by atoms with Crippen LogP contribution < -0.4 is 5.32 Å². The number of aromatic nitrogens is 1. The Morgan fingerprint density at radius 2 is 2.21 bits per heavy atom. The largest absolute Gasteiger partial charge is 0.462 e. The van der Waals surface area contributed by atoms with Gasteiger partial charge in [-0.3, -0.25) is 0 Å². The van der Waals surface area contributed by atoms with Gasteiger partial charge in [0, 0.05) is 11.1 Å². The van der Waals surface area contributed by atoms with E-state index in [9.17, 15) is 10.1 Å². The number of nitrogens with zero attached hydrogens (tertiary/aromatic N) is 2. The number of thiophene rings is 1. The third kappa shape index (κ3) is 3.39. The number of esters is 1. The number of oxazole rings is 1. The first-order chi connectivity index (χ1) is 13.7. The van der Waals surface area contributed by atoms with E-state index in [4.69, 9.17) is 9.15 Å². The smallest absolute Gasteiger partial charge is 0.341 e. The Labute approximate surface area is 166 Å². The molecule has 0 saturated carbocycles. The topological polar surface area (TPSA) is 88.1 Å². The van der Waals surface area contributed by atoms with Crippen molar-refractivity contribution < 1.29 is 13.9 Å². The van der Waals surface area contributed by atoms with Gasteiger partial charge in [0.15, 0.2) is 5.58 Å². The fourth-order valence-electron chi connectivity index (χ4n) is 3.35. The molecule has 0 fully saturated rings. The number of anilines is 1. The van der Waals surface area contributed by atoms with Gasteiger partial charge in [0.05, 0.1) is 12.2 Å². The Kier molecular flexibility index (Phi) is 5.13. The fourth-order valence-corrected chi connectivity index (χ4v) is 4.60. The maximum absolute atomic E-state index is 12.5. The number of carbonyl (C=O) groups is 1. The first-order valence-electron chi connectivity index (χ1n) is 9.25. The molecule has 2 heterocycles. The minimum absolute atomic E-state index is 0.246. The Balaban J connectivity index is 1.68. The number of aryl methyl sites for hydroxylation is 1. The number of ether oxygens (including phenoxy) is 1. The van der Waals surface area contributed by atoms with Gasteiger partial charge in [0.25, 0.3) is 0 Å². The molecule has 1 aliphatic carbocycles. The Hall–Kier alpha value is -3.11. The van der Waals surface area contributed by atoms with Crippen LogP contribution in [0.5, 0.6) is 0 Å². The second kappa shape index (κ2) is 7.87. The van der Waals surface area contributed by atoms with Crippen LogP contribution in [-0.2, 0) is 17.6 Å². The van der Waals surface area contributed by atoms with Gasteiger partial charge in [-0.05, 0) is 50.3 Å². The number of allylic oxidation sites excluding steroid dienone is 1. The summed E-state index contributed by atoms with van der Waals surface area (Å²) in [6.07, 6.45) is 5.58. The lowest BCUT2D eigenvalue weighted by Crippen LogP contribution is -2.10. The van der Waals surface area contributed by atoms with E-state index < -0.39 is 0 Å². The summed E-state index contributed by atoms with van der Waals surface area (Å²) in [5, 5.41) is 13.4. The highest BCUT2D eigenvalue weighted by Crippen LogP contribution is 2.39. The van der Waals surface area contributed by atoms with Gasteiger partial charge >= 0.3 is 5.97 Å². The molecule has 0 radical (unpaired) electrons. The number of rotatable bonds is 5. The van der Waals surface area contributed by atoms with E-state index in [1.807, 2.05) is 18.2 Å². The second-order valence-corrected chi connectivity index (χ2v) is 7.54. The SMILES string of the molecule is CCOC(=O)c1c(N/C=C(\C#N)c2nc3ccccc3o2)sc2c1CCCC2. The first kappa shape index (κ1) is 18.3. The predicted octanol–water partition coefficient (Wildman–Crippen LogP) is 4.92. The zero-order chi connectivity index (χ0) is 19.5. The van der Waals surface area contributed by atoms with Crippen LogP contribution in [0.4, 0.5) is 5.00 Å². The molecule has 28 heavy (non-hydrogen) atoms. The van der Waals surface area contributed by atoms with E-state index in [-0.39, 0.29) is 17.4 Å². The molecule has 1 aromatic carbocycles. The summed E-state index contributed by atoms with van der Waals surface area (Å²) in [6.45, 7) is 2.12. The third-order valence-electron chi connectivity index (χ3n) is 4.64. The van der Waals surface area contributed by atoms with E-state index in [1.54, 1.807) is 30.5 Å². The molecule has 142 valence electrons. The third-order valence-corrected chi connectivity index (χ3v) is 5.87. The van der Waals surface area contributed by atoms with Gasteiger partial charge in [0.1, 0.15) is 22.2 Å². The zero-order valence-electron chi connectivity index (χ0n) is 15.4. The molecule has 7 heteroatoms. The molecule has 2 aromatic heterocycles. The van der Waals surface area contributed by atoms with Crippen molar-refractivity contribution in [2.75, 3.05) is 11.9 Å². The van der Waals surface area contributed by atoms with Gasteiger partial charge in [-0.15, -0.1) is 11.3 Å². The average Bonchev–Trinajstić information content (AvgIpc) is 3.29. The Bertz CT molecular complexity index is 1070. The molecule has 4 rings (SSSR count). The summed E-state index contributed by atoms with van der Waals surface area (Å²) in [7, 11) is 0. The van der Waals surface area contributed by atoms with E-state index >= 15 is 0 Å². The molecule has 0 spiro atoms. The van der Waals surface area contributed by atoms with Crippen molar-refractivity contribution >= 4 is 39.0 Å². The van der Waals surface area contributed by atoms with Crippen molar-refractivity contribution in [3.8, 4) is 6.07 Å². The molecule has 0 unspecified atom stereocenters. The highest BCUT2D eigenvalue weighted by atomic mass is 32.1. The number of carbonyl (C=O) groups excluding carboxylic acids is 1. The van der Waals surface area contributed by atoms with Crippen LogP contribution in [-0.4, -0.2) is 17.6 Å². The molecule has 0 atom stereocenters. The van der Waals surface area contributed by atoms with Gasteiger partial charge in [-0.2, -0.15) is 5.26 Å². The number of nitriles is 1. The van der Waals surface area contributed by atoms with E-state index in [2.05, 4.69) is 16.4 Å². The molecular weight excluding hydrogens is 374 g/mol. The van der Waals surface area contributed by atoms with Crippen LogP contribution in [0.1, 0.15) is 46.5 Å². The van der Waals surface area contributed by atoms with E-state index in [1.165, 1.54) is 4.88 Å². The number of hydrogen-bond acceptors (Lipinski definition) is 7. The molecule has 0 aliphatic heterocycles. The van der Waals surface area contributed by atoms with Gasteiger partial charge in [0.2, 0.25) is 5.89 Å². The van der Waals surface area contributed by atoms with Gasteiger partial charge in [-0.1, -0.05) is 12.1 Å². The standard InChI is InChI=1S/C21H19N3O3S/c1-2-26-21(25)18-14-7-3-6-10-17(14)28-20(18)23-12-13(11-22)19-24-15-8-4-5-9-16(15)27-19/h4-5,8-9,12,23H,2-3,6-7,10H2,1H3/b13-12+. The molecule has 3 aromatic rings. The van der Waals surface area contributed by atoms with Gasteiger partial charge in [-0.25, -0.2) is 9.78 Å². The molecule has 1 N–H and O–H groups in total. The molecule has 0 amide bonds. The fraction of sp³-hybridized carbons (Fsp3) is 0.286. The molecule has 1 aliphatic rings. The quantitative estimate of drug-likeness (QED) is 0.489. The summed E-state index contributed by atoms with van der Waals surface area (Å²) in [5.41, 5.74) is 3.24. The Morgan fingerprint density at radius 3 is 3.00 bits per heavy atom. The van der Waals surface area contributed by atoms with Crippen LogP contribution in [0.25, 0.3) is 16.7 Å². The number of hydrogen-bond donors (Lipinski definition) is 1. The minimum atomic E-state index is -0.321. The minimum Gasteiger partial charge on any atom is -0.462 e. The van der Waals surface area contributed by atoms with Crippen molar-refractivity contribution in [3.63, 3.8) is 0 Å². The predicted molar refractivity (Wildman–Crippen MR) is 108 cm³/mol. The lowest BCUT2D eigenvalue weighted by atomic mass is 9.95. The normalized spacial score (nSPS) is 13.8. The maximum Gasteiger partial charge on any atom is 0.341 e. The summed E-state index contributed by atoms with van der Waals surface area (Å²) >= 11 is 1.55. The first-order valence-corrected chi connectivity index (χ1v) is 10.1. The lowest BCUT2D eigenvalue weighted by molar-refractivity contribution is 0.0526. The number of para-hydroxylation sites is 2. The Morgan fingerprint density at radius 1 is 1.39 bits per heavy atom. The summed E-state index contributed by atoms with van der Waals surface area (Å²) < 4.78 is 10.9. The van der Waals surface area contributed by atoms with E-state index in [0.29, 0.717) is 28.3 Å². The maximum atomic E-state index is 12.5. The lowest BCUT2D eigenvalue weighted by Gasteiger charge is -2.12. The van der Waals surface area contributed by atoms with Crippen LogP contribution >= 0.6 is 11.3 Å². The van der Waals surface area contributed by atoms with Crippen LogP contribution in [0.2, 0.25) is 0 Å². The number of nitrogens with one attached hydrogen (secondary N) is 1. The van der Waals surface area contributed by atoms with Gasteiger partial charge < -0.3 is 14.5 Å².